The van der Waals surface area contributed by atoms with E-state index in [-0.39, 0.29) is 19.7 Å². The van der Waals surface area contributed by atoms with Gasteiger partial charge >= 0.3 is 11.9 Å². The minimum atomic E-state index is -1.23. The monoisotopic (exact) mass is 372 g/mol. The molecule has 7 heteroatoms. The van der Waals surface area contributed by atoms with Gasteiger partial charge in [-0.25, -0.2) is 0 Å². The molecule has 27 heavy (non-hydrogen) atoms. The van der Waals surface area contributed by atoms with Gasteiger partial charge in [0.05, 0.1) is 12.0 Å². The van der Waals surface area contributed by atoms with Crippen LogP contribution in [0.2, 0.25) is 0 Å². The fourth-order valence-corrected chi connectivity index (χ4v) is 2.85. The van der Waals surface area contributed by atoms with E-state index in [1.807, 2.05) is 24.3 Å². The second kappa shape index (κ2) is 8.67. The Kier molecular flexibility index (Phi) is 6.56. The van der Waals surface area contributed by atoms with Crippen molar-refractivity contribution in [1.82, 2.24) is 4.90 Å². The quantitative estimate of drug-likeness (QED) is 0.580. The van der Waals surface area contributed by atoms with Gasteiger partial charge in [-0.15, -0.1) is 0 Å². The van der Waals surface area contributed by atoms with Gasteiger partial charge in [0.1, 0.15) is 18.8 Å². The maximum Gasteiger partial charge on any atom is 0.326 e. The molecule has 2 atom stereocenters. The van der Waals surface area contributed by atoms with Gasteiger partial charge < -0.3 is 14.4 Å². The maximum absolute atomic E-state index is 12.7. The van der Waals surface area contributed by atoms with Gasteiger partial charge in [0.2, 0.25) is 5.91 Å². The minimum absolute atomic E-state index is 0.0215. The average Bonchev–Trinajstić information content (AvgIpc) is 2.60. The standard InChI is InChI=1S/C20H24N2O5/c1-20(2,3)27-16(23)12-22-10-9-15(11-21)17(18(22)24)19(25)26-13-14-7-5-4-6-8-14/h4-8,15,17H,9-10,12-13H2,1-3H3/t15-,17-/m1/s1. The Hall–Kier alpha value is -2.88. The fourth-order valence-electron chi connectivity index (χ4n) is 2.85. The van der Waals surface area contributed by atoms with Crippen LogP contribution in [0.3, 0.4) is 0 Å². The third kappa shape index (κ3) is 5.81. The van der Waals surface area contributed by atoms with Crippen molar-refractivity contribution >= 4 is 17.8 Å². The maximum atomic E-state index is 12.7. The van der Waals surface area contributed by atoms with Crippen LogP contribution in [0.1, 0.15) is 32.8 Å². The van der Waals surface area contributed by atoms with Crippen molar-refractivity contribution in [1.29, 1.82) is 5.26 Å². The van der Waals surface area contributed by atoms with Crippen LogP contribution >= 0.6 is 0 Å². The van der Waals surface area contributed by atoms with Crippen LogP contribution in [0.25, 0.3) is 0 Å². The number of nitrogens with zero attached hydrogens (tertiary/aromatic N) is 2. The molecule has 0 N–H and O–H groups in total. The molecule has 1 fully saturated rings. The Balaban J connectivity index is 2.03. The van der Waals surface area contributed by atoms with Gasteiger partial charge in [0, 0.05) is 6.54 Å². The van der Waals surface area contributed by atoms with Gasteiger partial charge in [-0.2, -0.15) is 5.26 Å². The summed E-state index contributed by atoms with van der Waals surface area (Å²) in [7, 11) is 0. The summed E-state index contributed by atoms with van der Waals surface area (Å²) in [5, 5.41) is 9.31. The third-order valence-corrected chi connectivity index (χ3v) is 4.07. The van der Waals surface area contributed by atoms with Gasteiger partial charge in [-0.05, 0) is 32.8 Å². The van der Waals surface area contributed by atoms with E-state index in [1.54, 1.807) is 32.9 Å². The number of carbonyl (C=O) groups is 3. The van der Waals surface area contributed by atoms with Gasteiger partial charge in [0.15, 0.2) is 5.92 Å². The Morgan fingerprint density at radius 3 is 2.52 bits per heavy atom. The van der Waals surface area contributed by atoms with Crippen LogP contribution in [-0.4, -0.2) is 41.4 Å². The summed E-state index contributed by atoms with van der Waals surface area (Å²) >= 11 is 0. The largest absolute Gasteiger partial charge is 0.460 e. The molecule has 0 unspecified atom stereocenters. The summed E-state index contributed by atoms with van der Waals surface area (Å²) in [6.45, 7) is 5.19. The number of nitriles is 1. The number of benzene rings is 1. The number of ether oxygens (including phenoxy) is 2. The molecule has 0 saturated carbocycles. The van der Waals surface area contributed by atoms with E-state index in [9.17, 15) is 19.6 Å². The minimum Gasteiger partial charge on any atom is -0.460 e. The summed E-state index contributed by atoms with van der Waals surface area (Å²) in [6, 6.07) is 11.1. The molecule has 1 aromatic carbocycles. The highest BCUT2D eigenvalue weighted by Gasteiger charge is 2.43. The number of amides is 1. The van der Waals surface area contributed by atoms with E-state index in [2.05, 4.69) is 0 Å². The van der Waals surface area contributed by atoms with E-state index < -0.39 is 35.3 Å². The zero-order chi connectivity index (χ0) is 20.0. The Morgan fingerprint density at radius 2 is 1.93 bits per heavy atom. The van der Waals surface area contributed by atoms with E-state index in [0.29, 0.717) is 6.42 Å². The van der Waals surface area contributed by atoms with Crippen molar-refractivity contribution in [2.45, 2.75) is 39.4 Å². The number of carbonyl (C=O) groups excluding carboxylic acids is 3. The first kappa shape index (κ1) is 20.4. The molecular formula is C20H24N2O5. The number of rotatable bonds is 5. The van der Waals surface area contributed by atoms with Crippen molar-refractivity contribution in [2.75, 3.05) is 13.1 Å². The molecule has 1 saturated heterocycles. The molecule has 0 aromatic heterocycles. The fraction of sp³-hybridized carbons (Fsp3) is 0.500. The molecule has 0 radical (unpaired) electrons. The van der Waals surface area contributed by atoms with Gasteiger partial charge in [-0.3, -0.25) is 14.4 Å². The summed E-state index contributed by atoms with van der Waals surface area (Å²) in [5.41, 5.74) is 0.118. The van der Waals surface area contributed by atoms with Crippen LogP contribution in [0, 0.1) is 23.2 Å². The molecule has 144 valence electrons. The van der Waals surface area contributed by atoms with Crippen molar-refractivity contribution in [2.24, 2.45) is 11.8 Å². The normalized spacial score (nSPS) is 19.9. The molecule has 0 spiro atoms. The lowest BCUT2D eigenvalue weighted by atomic mass is 9.86. The highest BCUT2D eigenvalue weighted by atomic mass is 16.6. The Labute approximate surface area is 158 Å². The Morgan fingerprint density at radius 1 is 1.26 bits per heavy atom. The van der Waals surface area contributed by atoms with Crippen LogP contribution < -0.4 is 0 Å². The molecule has 1 amide bonds. The highest BCUT2D eigenvalue weighted by molar-refractivity contribution is 6.00. The molecule has 0 bridgehead atoms. The highest BCUT2D eigenvalue weighted by Crippen LogP contribution is 2.26. The van der Waals surface area contributed by atoms with Crippen LogP contribution in [0.15, 0.2) is 30.3 Å². The zero-order valence-corrected chi connectivity index (χ0v) is 15.8. The molecule has 1 aliphatic rings. The zero-order valence-electron chi connectivity index (χ0n) is 15.8. The number of piperidine rings is 1. The number of likely N-dealkylation sites (tertiary alicyclic amines) is 1. The smallest absolute Gasteiger partial charge is 0.326 e. The molecule has 2 rings (SSSR count). The summed E-state index contributed by atoms with van der Waals surface area (Å²) in [5.74, 6) is -3.87. The lowest BCUT2D eigenvalue weighted by Crippen LogP contribution is -2.51. The van der Waals surface area contributed by atoms with E-state index >= 15 is 0 Å². The second-order valence-corrected chi connectivity index (χ2v) is 7.44. The number of hydrogen-bond donors (Lipinski definition) is 0. The van der Waals surface area contributed by atoms with E-state index in [0.717, 1.165) is 5.56 Å². The first-order valence-corrected chi connectivity index (χ1v) is 8.82. The first-order chi connectivity index (χ1) is 12.7. The lowest BCUT2D eigenvalue weighted by Gasteiger charge is -2.33. The van der Waals surface area contributed by atoms with Crippen molar-refractivity contribution in [3.8, 4) is 6.07 Å². The summed E-state index contributed by atoms with van der Waals surface area (Å²) in [4.78, 5) is 38.5. The van der Waals surface area contributed by atoms with Crippen LogP contribution in [-0.2, 0) is 30.5 Å². The molecule has 7 nitrogen and oxygen atoms in total. The molecule has 1 aromatic rings. The van der Waals surface area contributed by atoms with Crippen molar-refractivity contribution in [3.05, 3.63) is 35.9 Å². The van der Waals surface area contributed by atoms with Crippen LogP contribution in [0.5, 0.6) is 0 Å². The first-order valence-electron chi connectivity index (χ1n) is 8.82. The van der Waals surface area contributed by atoms with Crippen LogP contribution in [0.4, 0.5) is 0 Å². The number of hydrogen-bond acceptors (Lipinski definition) is 6. The predicted molar refractivity (Wildman–Crippen MR) is 95.9 cm³/mol. The number of esters is 2. The molecular weight excluding hydrogens is 348 g/mol. The topological polar surface area (TPSA) is 96.7 Å². The Bertz CT molecular complexity index is 733. The molecule has 1 heterocycles. The lowest BCUT2D eigenvalue weighted by molar-refractivity contribution is -0.167. The third-order valence-electron chi connectivity index (χ3n) is 4.07. The summed E-state index contributed by atoms with van der Waals surface area (Å²) in [6.07, 6.45) is 0.302. The second-order valence-electron chi connectivity index (χ2n) is 7.44. The van der Waals surface area contributed by atoms with Gasteiger partial charge in [0.25, 0.3) is 0 Å². The SMILES string of the molecule is CC(C)(C)OC(=O)CN1CC[C@H](C#N)[C@@H](C(=O)OCc2ccccc2)C1=O. The van der Waals surface area contributed by atoms with Gasteiger partial charge in [-0.1, -0.05) is 30.3 Å². The van der Waals surface area contributed by atoms with E-state index in [1.165, 1.54) is 4.90 Å². The average molecular weight is 372 g/mol. The summed E-state index contributed by atoms with van der Waals surface area (Å²) < 4.78 is 10.5. The van der Waals surface area contributed by atoms with E-state index in [4.69, 9.17) is 9.47 Å². The van der Waals surface area contributed by atoms with Crippen molar-refractivity contribution in [3.63, 3.8) is 0 Å². The van der Waals surface area contributed by atoms with Crippen molar-refractivity contribution < 1.29 is 23.9 Å². The predicted octanol–water partition coefficient (Wildman–Crippen LogP) is 2.06. The molecule has 0 aliphatic carbocycles. The molecule has 1 aliphatic heterocycles.